The van der Waals surface area contributed by atoms with Gasteiger partial charge in [0.2, 0.25) is 0 Å². The minimum atomic E-state index is -0.741. The predicted molar refractivity (Wildman–Crippen MR) is 42.6 cm³/mol. The summed E-state index contributed by atoms with van der Waals surface area (Å²) in [6.45, 7) is 5.17. The number of ketones is 1. The third-order valence-corrected chi connectivity index (χ3v) is 1.83. The summed E-state index contributed by atoms with van der Waals surface area (Å²) >= 11 is 0. The average molecular weight is 160 g/mol. The van der Waals surface area contributed by atoms with Crippen LogP contribution in [0.1, 0.15) is 20.8 Å². The van der Waals surface area contributed by atoms with E-state index in [1.165, 1.54) is 14.2 Å². The lowest BCUT2D eigenvalue weighted by atomic mass is 10.00. The highest BCUT2D eigenvalue weighted by Crippen LogP contribution is 2.12. The van der Waals surface area contributed by atoms with Crippen LogP contribution >= 0.6 is 0 Å². The molecule has 0 aromatic rings. The molecule has 11 heavy (non-hydrogen) atoms. The van der Waals surface area contributed by atoms with Crippen LogP contribution < -0.4 is 0 Å². The standard InChI is InChI=1S/C8H16O3/c1-6(10-4)7(9)8(2,3)11-5/h6H,1-5H3. The first-order valence-corrected chi connectivity index (χ1v) is 3.58. The van der Waals surface area contributed by atoms with Crippen LogP contribution in [0.4, 0.5) is 0 Å². The van der Waals surface area contributed by atoms with Crippen LogP contribution in [0.15, 0.2) is 0 Å². The molecule has 0 rings (SSSR count). The van der Waals surface area contributed by atoms with E-state index in [-0.39, 0.29) is 5.78 Å². The molecule has 0 aliphatic heterocycles. The van der Waals surface area contributed by atoms with Crippen LogP contribution in [0.2, 0.25) is 0 Å². The summed E-state index contributed by atoms with van der Waals surface area (Å²) in [6, 6.07) is 0. The van der Waals surface area contributed by atoms with E-state index in [9.17, 15) is 4.79 Å². The lowest BCUT2D eigenvalue weighted by Crippen LogP contribution is -2.41. The van der Waals surface area contributed by atoms with Gasteiger partial charge in [-0.1, -0.05) is 0 Å². The Hall–Kier alpha value is -0.410. The van der Waals surface area contributed by atoms with Crippen molar-refractivity contribution in [2.24, 2.45) is 0 Å². The summed E-state index contributed by atoms with van der Waals surface area (Å²) in [5, 5.41) is 0. The van der Waals surface area contributed by atoms with Crippen LogP contribution in [0.25, 0.3) is 0 Å². The summed E-state index contributed by atoms with van der Waals surface area (Å²) in [6.07, 6.45) is -0.398. The zero-order valence-electron chi connectivity index (χ0n) is 7.80. The number of Topliss-reactive ketones (excluding diaryl/α,β-unsaturated/α-hetero) is 1. The van der Waals surface area contributed by atoms with Gasteiger partial charge in [-0.3, -0.25) is 4.79 Å². The fourth-order valence-electron chi connectivity index (χ4n) is 0.697. The number of rotatable bonds is 4. The van der Waals surface area contributed by atoms with Gasteiger partial charge in [0.15, 0.2) is 5.78 Å². The van der Waals surface area contributed by atoms with Crippen LogP contribution in [-0.4, -0.2) is 31.7 Å². The van der Waals surface area contributed by atoms with Gasteiger partial charge in [0.1, 0.15) is 11.7 Å². The lowest BCUT2D eigenvalue weighted by molar-refractivity contribution is -0.146. The molecule has 0 bridgehead atoms. The van der Waals surface area contributed by atoms with E-state index in [4.69, 9.17) is 9.47 Å². The van der Waals surface area contributed by atoms with Gasteiger partial charge in [-0.25, -0.2) is 0 Å². The Morgan fingerprint density at radius 3 is 2.09 bits per heavy atom. The van der Waals surface area contributed by atoms with Crippen LogP contribution in [0.3, 0.4) is 0 Å². The molecule has 0 spiro atoms. The monoisotopic (exact) mass is 160 g/mol. The minimum absolute atomic E-state index is 0.0394. The van der Waals surface area contributed by atoms with Gasteiger partial charge in [0.25, 0.3) is 0 Å². The van der Waals surface area contributed by atoms with Crippen LogP contribution in [-0.2, 0) is 14.3 Å². The Balaban J connectivity index is 4.23. The van der Waals surface area contributed by atoms with Crippen molar-refractivity contribution in [3.8, 4) is 0 Å². The highest BCUT2D eigenvalue weighted by molar-refractivity contribution is 5.90. The fraction of sp³-hybridized carbons (Fsp3) is 0.875. The maximum absolute atomic E-state index is 11.4. The first kappa shape index (κ1) is 10.6. The molecule has 0 aliphatic rings. The van der Waals surface area contributed by atoms with E-state index >= 15 is 0 Å². The molecule has 0 aromatic carbocycles. The minimum Gasteiger partial charge on any atom is -0.374 e. The first-order chi connectivity index (χ1) is 4.95. The summed E-state index contributed by atoms with van der Waals surface area (Å²) < 4.78 is 9.86. The molecule has 3 heteroatoms. The molecule has 0 heterocycles. The van der Waals surface area contributed by atoms with E-state index in [0.29, 0.717) is 0 Å². The number of carbonyl (C=O) groups excluding carboxylic acids is 1. The van der Waals surface area contributed by atoms with Gasteiger partial charge in [0, 0.05) is 14.2 Å². The maximum atomic E-state index is 11.4. The number of ether oxygens (including phenoxy) is 2. The topological polar surface area (TPSA) is 35.5 Å². The van der Waals surface area contributed by atoms with Crippen molar-refractivity contribution in [1.29, 1.82) is 0 Å². The van der Waals surface area contributed by atoms with E-state index < -0.39 is 11.7 Å². The molecule has 0 aromatic heterocycles. The van der Waals surface area contributed by atoms with E-state index in [1.54, 1.807) is 20.8 Å². The Labute approximate surface area is 67.7 Å². The summed E-state index contributed by atoms with van der Waals surface area (Å²) in [7, 11) is 3.02. The molecular weight excluding hydrogens is 144 g/mol. The van der Waals surface area contributed by atoms with Crippen molar-refractivity contribution in [1.82, 2.24) is 0 Å². The molecule has 0 amide bonds. The quantitative estimate of drug-likeness (QED) is 0.615. The second-order valence-corrected chi connectivity index (χ2v) is 2.96. The van der Waals surface area contributed by atoms with Crippen molar-refractivity contribution < 1.29 is 14.3 Å². The second kappa shape index (κ2) is 3.83. The molecule has 0 saturated carbocycles. The van der Waals surface area contributed by atoms with E-state index in [2.05, 4.69) is 0 Å². The molecule has 0 radical (unpaired) electrons. The number of hydrogen-bond acceptors (Lipinski definition) is 3. The van der Waals surface area contributed by atoms with Gasteiger partial charge in [-0.15, -0.1) is 0 Å². The summed E-state index contributed by atoms with van der Waals surface area (Å²) in [5.41, 5.74) is -0.741. The van der Waals surface area contributed by atoms with Gasteiger partial charge in [0.05, 0.1) is 0 Å². The Kier molecular flexibility index (Phi) is 3.69. The average Bonchev–Trinajstić information content (AvgIpc) is 2.01. The molecule has 3 nitrogen and oxygen atoms in total. The second-order valence-electron chi connectivity index (χ2n) is 2.96. The van der Waals surface area contributed by atoms with Crippen LogP contribution in [0.5, 0.6) is 0 Å². The molecule has 0 N–H and O–H groups in total. The molecule has 0 saturated heterocycles. The molecule has 1 unspecified atom stereocenters. The van der Waals surface area contributed by atoms with Crippen molar-refractivity contribution in [2.75, 3.05) is 14.2 Å². The van der Waals surface area contributed by atoms with Gasteiger partial charge in [-0.2, -0.15) is 0 Å². The Morgan fingerprint density at radius 1 is 1.36 bits per heavy atom. The summed E-state index contributed by atoms with van der Waals surface area (Å²) in [4.78, 5) is 11.4. The smallest absolute Gasteiger partial charge is 0.192 e. The van der Waals surface area contributed by atoms with Crippen molar-refractivity contribution in [3.63, 3.8) is 0 Å². The van der Waals surface area contributed by atoms with Crippen molar-refractivity contribution in [2.45, 2.75) is 32.5 Å². The number of methoxy groups -OCH3 is 2. The highest BCUT2D eigenvalue weighted by Gasteiger charge is 2.30. The molecule has 0 fully saturated rings. The van der Waals surface area contributed by atoms with Crippen molar-refractivity contribution in [3.05, 3.63) is 0 Å². The first-order valence-electron chi connectivity index (χ1n) is 3.58. The Morgan fingerprint density at radius 2 is 1.82 bits per heavy atom. The fourth-order valence-corrected chi connectivity index (χ4v) is 0.697. The van der Waals surface area contributed by atoms with E-state index in [0.717, 1.165) is 0 Å². The molecule has 1 atom stereocenters. The Bertz CT molecular complexity index is 140. The SMILES string of the molecule is COC(C)C(=O)C(C)(C)OC. The molecule has 0 aliphatic carbocycles. The number of carbonyl (C=O) groups is 1. The van der Waals surface area contributed by atoms with E-state index in [1.807, 2.05) is 0 Å². The normalized spacial score (nSPS) is 14.6. The summed E-state index contributed by atoms with van der Waals surface area (Å²) in [5.74, 6) is -0.0394. The number of hydrogen-bond donors (Lipinski definition) is 0. The zero-order valence-corrected chi connectivity index (χ0v) is 7.80. The van der Waals surface area contributed by atoms with Gasteiger partial charge in [-0.05, 0) is 20.8 Å². The van der Waals surface area contributed by atoms with Gasteiger partial charge >= 0.3 is 0 Å². The van der Waals surface area contributed by atoms with Crippen LogP contribution in [0, 0.1) is 0 Å². The third kappa shape index (κ3) is 2.60. The van der Waals surface area contributed by atoms with Crippen molar-refractivity contribution >= 4 is 5.78 Å². The lowest BCUT2D eigenvalue weighted by Gasteiger charge is -2.23. The predicted octanol–water partition coefficient (Wildman–Crippen LogP) is 1.02. The molecular formula is C8H16O3. The maximum Gasteiger partial charge on any atom is 0.192 e. The van der Waals surface area contributed by atoms with Gasteiger partial charge < -0.3 is 9.47 Å². The third-order valence-electron chi connectivity index (χ3n) is 1.83. The largest absolute Gasteiger partial charge is 0.374 e. The molecule has 66 valence electrons. The zero-order chi connectivity index (χ0) is 9.07. The highest BCUT2D eigenvalue weighted by atomic mass is 16.5.